The molecule has 26 heavy (non-hydrogen) atoms. The summed E-state index contributed by atoms with van der Waals surface area (Å²) in [4.78, 5) is 12.2. The van der Waals surface area contributed by atoms with Gasteiger partial charge in [-0.3, -0.25) is 9.10 Å². The Hall–Kier alpha value is -2.67. The Morgan fingerprint density at radius 3 is 2.46 bits per heavy atom. The molecule has 1 N–H and O–H groups in total. The van der Waals surface area contributed by atoms with E-state index < -0.39 is 15.9 Å². The largest absolute Gasteiger partial charge is 0.271 e. The molecule has 2 aromatic carbocycles. The third kappa shape index (κ3) is 5.42. The molecule has 7 heteroatoms. The van der Waals surface area contributed by atoms with Crippen molar-refractivity contribution in [3.63, 3.8) is 0 Å². The Morgan fingerprint density at radius 1 is 1.12 bits per heavy atom. The highest BCUT2D eigenvalue weighted by Crippen LogP contribution is 2.20. The molecule has 0 saturated heterocycles. The molecule has 138 valence electrons. The number of amides is 1. The second kappa shape index (κ2) is 8.14. The summed E-state index contributed by atoms with van der Waals surface area (Å²) in [5.74, 6) is -0.516. The number of sulfonamides is 1. The van der Waals surface area contributed by atoms with Crippen LogP contribution in [0.15, 0.2) is 47.6 Å². The van der Waals surface area contributed by atoms with Crippen LogP contribution in [-0.2, 0) is 14.8 Å². The van der Waals surface area contributed by atoms with Crippen LogP contribution in [0.4, 0.5) is 5.69 Å². The van der Waals surface area contributed by atoms with Crippen LogP contribution >= 0.6 is 0 Å². The summed E-state index contributed by atoms with van der Waals surface area (Å²) in [5.41, 5.74) is 6.76. The zero-order chi connectivity index (χ0) is 19.3. The van der Waals surface area contributed by atoms with E-state index in [-0.39, 0.29) is 6.54 Å². The van der Waals surface area contributed by atoms with Gasteiger partial charge in [0, 0.05) is 0 Å². The molecule has 0 aliphatic rings. The molecule has 0 atom stereocenters. The van der Waals surface area contributed by atoms with E-state index in [1.807, 2.05) is 51.1 Å². The minimum Gasteiger partial charge on any atom is -0.271 e. The summed E-state index contributed by atoms with van der Waals surface area (Å²) in [5, 5.41) is 3.90. The van der Waals surface area contributed by atoms with Crippen molar-refractivity contribution < 1.29 is 13.2 Å². The number of anilines is 1. The monoisotopic (exact) mass is 373 g/mol. The molecule has 6 nitrogen and oxygen atoms in total. The van der Waals surface area contributed by atoms with Crippen LogP contribution in [0.2, 0.25) is 0 Å². The number of rotatable bonds is 6. The summed E-state index contributed by atoms with van der Waals surface area (Å²) in [6, 6.07) is 12.9. The number of benzene rings is 2. The lowest BCUT2D eigenvalue weighted by Gasteiger charge is -2.22. The molecule has 0 aliphatic carbocycles. The van der Waals surface area contributed by atoms with Gasteiger partial charge >= 0.3 is 0 Å². The van der Waals surface area contributed by atoms with Crippen molar-refractivity contribution in [3.8, 4) is 0 Å². The predicted molar refractivity (Wildman–Crippen MR) is 105 cm³/mol. The fourth-order valence-corrected chi connectivity index (χ4v) is 3.22. The maximum absolute atomic E-state index is 12.2. The van der Waals surface area contributed by atoms with Gasteiger partial charge in [-0.2, -0.15) is 5.10 Å². The molecule has 2 aromatic rings. The molecule has 0 heterocycles. The molecular weight excluding hydrogens is 350 g/mol. The summed E-state index contributed by atoms with van der Waals surface area (Å²) in [7, 11) is -3.60. The van der Waals surface area contributed by atoms with Crippen molar-refractivity contribution in [1.29, 1.82) is 0 Å². The maximum Gasteiger partial charge on any atom is 0.260 e. The van der Waals surface area contributed by atoms with Gasteiger partial charge in [-0.25, -0.2) is 13.8 Å². The van der Waals surface area contributed by atoms with E-state index in [0.717, 1.165) is 32.8 Å². The van der Waals surface area contributed by atoms with E-state index >= 15 is 0 Å². The zero-order valence-electron chi connectivity index (χ0n) is 15.4. The molecule has 0 aliphatic heterocycles. The van der Waals surface area contributed by atoms with Crippen molar-refractivity contribution in [2.24, 2.45) is 5.10 Å². The summed E-state index contributed by atoms with van der Waals surface area (Å²) < 4.78 is 25.3. The number of hydrogen-bond acceptors (Lipinski definition) is 4. The van der Waals surface area contributed by atoms with Crippen LogP contribution in [0, 0.1) is 20.8 Å². The number of hydrazone groups is 1. The average molecular weight is 373 g/mol. The Balaban J connectivity index is 2.11. The SMILES string of the molecule is Cc1cccc(/C=N\NC(=O)CN(c2ccc(C)c(C)c2)S(C)(=O)=O)c1. The Morgan fingerprint density at radius 2 is 1.85 bits per heavy atom. The second-order valence-electron chi connectivity index (χ2n) is 6.25. The van der Waals surface area contributed by atoms with Gasteiger partial charge in [0.1, 0.15) is 6.54 Å². The Kier molecular flexibility index (Phi) is 6.15. The number of carbonyl (C=O) groups is 1. The molecule has 0 fully saturated rings. The highest BCUT2D eigenvalue weighted by molar-refractivity contribution is 7.92. The fourth-order valence-electron chi connectivity index (χ4n) is 2.38. The second-order valence-corrected chi connectivity index (χ2v) is 8.15. The lowest BCUT2D eigenvalue weighted by atomic mass is 10.1. The normalized spacial score (nSPS) is 11.5. The first-order chi connectivity index (χ1) is 12.2. The first-order valence-corrected chi connectivity index (χ1v) is 9.95. The van der Waals surface area contributed by atoms with Gasteiger partial charge in [-0.1, -0.05) is 35.9 Å². The molecule has 0 unspecified atom stereocenters. The Bertz CT molecular complexity index is 937. The highest BCUT2D eigenvalue weighted by Gasteiger charge is 2.21. The molecule has 0 radical (unpaired) electrons. The van der Waals surface area contributed by atoms with E-state index in [9.17, 15) is 13.2 Å². The van der Waals surface area contributed by atoms with Gasteiger partial charge in [-0.05, 0) is 49.6 Å². The fraction of sp³-hybridized carbons (Fsp3) is 0.263. The Labute approximate surface area is 154 Å². The first kappa shape index (κ1) is 19.7. The van der Waals surface area contributed by atoms with Crippen molar-refractivity contribution in [2.45, 2.75) is 20.8 Å². The molecule has 0 aromatic heterocycles. The minimum atomic E-state index is -3.60. The van der Waals surface area contributed by atoms with Gasteiger partial charge in [0.05, 0.1) is 18.2 Å². The third-order valence-electron chi connectivity index (χ3n) is 3.91. The van der Waals surface area contributed by atoms with Crippen LogP contribution in [0.5, 0.6) is 0 Å². The molecular formula is C19H23N3O3S. The van der Waals surface area contributed by atoms with Gasteiger partial charge in [-0.15, -0.1) is 0 Å². The average Bonchev–Trinajstić information content (AvgIpc) is 2.54. The zero-order valence-corrected chi connectivity index (χ0v) is 16.2. The highest BCUT2D eigenvalue weighted by atomic mass is 32.2. The summed E-state index contributed by atoms with van der Waals surface area (Å²) in [6.07, 6.45) is 2.59. The molecule has 0 saturated carbocycles. The predicted octanol–water partition coefficient (Wildman–Crippen LogP) is 2.53. The lowest BCUT2D eigenvalue weighted by Crippen LogP contribution is -2.39. The standard InChI is InChI=1S/C19H23N3O3S/c1-14-6-5-7-17(10-14)12-20-21-19(23)13-22(26(4,24)25)18-9-8-15(2)16(3)11-18/h5-12H,13H2,1-4H3,(H,21,23)/b20-12-. The van der Waals surface area contributed by atoms with Crippen molar-refractivity contribution in [2.75, 3.05) is 17.1 Å². The van der Waals surface area contributed by atoms with Crippen LogP contribution in [0.3, 0.4) is 0 Å². The van der Waals surface area contributed by atoms with E-state index in [2.05, 4.69) is 10.5 Å². The number of aryl methyl sites for hydroxylation is 3. The topological polar surface area (TPSA) is 78.8 Å². The van der Waals surface area contributed by atoms with E-state index in [1.165, 1.54) is 6.21 Å². The number of carbonyl (C=O) groups excluding carboxylic acids is 1. The van der Waals surface area contributed by atoms with E-state index in [4.69, 9.17) is 0 Å². The summed E-state index contributed by atoms with van der Waals surface area (Å²) >= 11 is 0. The number of hydrogen-bond donors (Lipinski definition) is 1. The maximum atomic E-state index is 12.2. The number of nitrogens with zero attached hydrogens (tertiary/aromatic N) is 2. The molecule has 0 bridgehead atoms. The lowest BCUT2D eigenvalue weighted by molar-refractivity contribution is -0.119. The quantitative estimate of drug-likeness (QED) is 0.624. The number of nitrogens with one attached hydrogen (secondary N) is 1. The smallest absolute Gasteiger partial charge is 0.260 e. The minimum absolute atomic E-state index is 0.341. The first-order valence-electron chi connectivity index (χ1n) is 8.10. The van der Waals surface area contributed by atoms with Gasteiger partial charge in [0.15, 0.2) is 0 Å². The molecule has 2 rings (SSSR count). The molecule has 0 spiro atoms. The van der Waals surface area contributed by atoms with Crippen molar-refractivity contribution >= 4 is 27.8 Å². The molecule has 1 amide bonds. The van der Waals surface area contributed by atoms with Crippen molar-refractivity contribution in [3.05, 3.63) is 64.7 Å². The van der Waals surface area contributed by atoms with Crippen LogP contribution < -0.4 is 9.73 Å². The van der Waals surface area contributed by atoms with Gasteiger partial charge < -0.3 is 0 Å². The van der Waals surface area contributed by atoms with E-state index in [1.54, 1.807) is 12.1 Å². The van der Waals surface area contributed by atoms with Crippen LogP contribution in [-0.4, -0.2) is 33.3 Å². The van der Waals surface area contributed by atoms with Gasteiger partial charge in [0.25, 0.3) is 5.91 Å². The van der Waals surface area contributed by atoms with Crippen molar-refractivity contribution in [1.82, 2.24) is 5.43 Å². The van der Waals surface area contributed by atoms with E-state index in [0.29, 0.717) is 5.69 Å². The van der Waals surface area contributed by atoms with Crippen LogP contribution in [0.25, 0.3) is 0 Å². The van der Waals surface area contributed by atoms with Crippen LogP contribution in [0.1, 0.15) is 22.3 Å². The summed E-state index contributed by atoms with van der Waals surface area (Å²) in [6.45, 7) is 5.46. The third-order valence-corrected chi connectivity index (χ3v) is 5.05. The van der Waals surface area contributed by atoms with Gasteiger partial charge in [0.2, 0.25) is 10.0 Å².